The van der Waals surface area contributed by atoms with Crippen LogP contribution in [0.15, 0.2) is 72.8 Å². The van der Waals surface area contributed by atoms with Crippen molar-refractivity contribution in [2.45, 2.75) is 45.4 Å². The van der Waals surface area contributed by atoms with Gasteiger partial charge in [-0.15, -0.1) is 0 Å². The lowest BCUT2D eigenvalue weighted by Gasteiger charge is -2.26. The smallest absolute Gasteiger partial charge is 0.0464 e. The summed E-state index contributed by atoms with van der Waals surface area (Å²) in [6.07, 6.45) is 7.39. The molecule has 26 heavy (non-hydrogen) atoms. The lowest BCUT2D eigenvalue weighted by atomic mass is 10.1. The highest BCUT2D eigenvalue weighted by atomic mass is 15.1. The van der Waals surface area contributed by atoms with Crippen LogP contribution in [0.25, 0.3) is 0 Å². The number of hydrogen-bond acceptors (Lipinski definition) is 1. The third-order valence-electron chi connectivity index (χ3n) is 5.37. The van der Waals surface area contributed by atoms with E-state index in [-0.39, 0.29) is 0 Å². The van der Waals surface area contributed by atoms with Gasteiger partial charge in [-0.2, -0.15) is 0 Å². The Morgan fingerprint density at radius 2 is 1.42 bits per heavy atom. The summed E-state index contributed by atoms with van der Waals surface area (Å²) in [4.78, 5) is 2.38. The Labute approximate surface area is 157 Å². The first kappa shape index (κ1) is 16.9. The molecule has 0 radical (unpaired) electrons. The quantitative estimate of drug-likeness (QED) is 0.467. The highest BCUT2D eigenvalue weighted by Crippen LogP contribution is 2.36. The fraction of sp³-hybridized carbons (Fsp3) is 0.280. The molecular formula is C25H27N. The molecule has 0 unspecified atom stereocenters. The number of anilines is 3. The number of rotatable bonds is 6. The van der Waals surface area contributed by atoms with Gasteiger partial charge in [0.05, 0.1) is 0 Å². The number of aryl methyl sites for hydroxylation is 3. The fourth-order valence-electron chi connectivity index (χ4n) is 3.91. The van der Waals surface area contributed by atoms with Gasteiger partial charge in [-0.3, -0.25) is 0 Å². The summed E-state index contributed by atoms with van der Waals surface area (Å²) in [7, 11) is 0. The van der Waals surface area contributed by atoms with Crippen molar-refractivity contribution in [2.24, 2.45) is 0 Å². The molecule has 4 rings (SSSR count). The Morgan fingerprint density at radius 3 is 2.19 bits per heavy atom. The zero-order chi connectivity index (χ0) is 17.8. The van der Waals surface area contributed by atoms with Gasteiger partial charge in [0.15, 0.2) is 0 Å². The Kier molecular flexibility index (Phi) is 5.06. The molecular weight excluding hydrogens is 314 g/mol. The second kappa shape index (κ2) is 7.78. The first-order chi connectivity index (χ1) is 12.8. The number of hydrogen-bond donors (Lipinski definition) is 0. The van der Waals surface area contributed by atoms with Gasteiger partial charge >= 0.3 is 0 Å². The van der Waals surface area contributed by atoms with Crippen LogP contribution in [0.5, 0.6) is 0 Å². The Hall–Kier alpha value is -2.54. The van der Waals surface area contributed by atoms with Crippen molar-refractivity contribution in [1.82, 2.24) is 0 Å². The number of fused-ring (bicyclic) bond motifs is 1. The lowest BCUT2D eigenvalue weighted by molar-refractivity contribution is 0.795. The van der Waals surface area contributed by atoms with Crippen LogP contribution in [-0.2, 0) is 19.3 Å². The summed E-state index contributed by atoms with van der Waals surface area (Å²) in [5, 5.41) is 0. The van der Waals surface area contributed by atoms with Gasteiger partial charge in [0.1, 0.15) is 0 Å². The summed E-state index contributed by atoms with van der Waals surface area (Å²) in [6, 6.07) is 26.8. The van der Waals surface area contributed by atoms with Gasteiger partial charge < -0.3 is 4.90 Å². The molecule has 0 fully saturated rings. The number of para-hydroxylation sites is 1. The molecule has 0 N–H and O–H groups in total. The van der Waals surface area contributed by atoms with E-state index in [4.69, 9.17) is 0 Å². The Bertz CT molecular complexity index is 849. The molecule has 1 heteroatoms. The number of benzene rings is 3. The van der Waals surface area contributed by atoms with Crippen LogP contribution in [0.4, 0.5) is 17.1 Å². The average Bonchev–Trinajstić information content (AvgIpc) is 3.16. The molecule has 0 amide bonds. The second-order valence-electron chi connectivity index (χ2n) is 7.25. The minimum Gasteiger partial charge on any atom is -0.310 e. The van der Waals surface area contributed by atoms with Crippen LogP contribution in [0.2, 0.25) is 0 Å². The zero-order valence-corrected chi connectivity index (χ0v) is 15.6. The standard InChI is InChI=1S/C25H27N/c1-2-3-8-20-13-16-24(17-14-20)26(23-11-5-4-6-12-23)25-18-15-21-9-7-10-22(21)19-25/h4-6,11-19H,2-3,7-10H2,1H3. The molecule has 3 aromatic carbocycles. The predicted molar refractivity (Wildman–Crippen MR) is 112 cm³/mol. The lowest BCUT2D eigenvalue weighted by Crippen LogP contribution is -2.10. The van der Waals surface area contributed by atoms with Crippen LogP contribution in [0.1, 0.15) is 42.9 Å². The van der Waals surface area contributed by atoms with Gasteiger partial charge in [-0.25, -0.2) is 0 Å². The largest absolute Gasteiger partial charge is 0.310 e. The monoisotopic (exact) mass is 341 g/mol. The molecule has 132 valence electrons. The van der Waals surface area contributed by atoms with Gasteiger partial charge in [0, 0.05) is 17.1 Å². The molecule has 0 heterocycles. The first-order valence-corrected chi connectivity index (χ1v) is 9.91. The first-order valence-electron chi connectivity index (χ1n) is 9.91. The van der Waals surface area contributed by atoms with Crippen molar-refractivity contribution in [3.05, 3.63) is 89.5 Å². The van der Waals surface area contributed by atoms with Gasteiger partial charge in [-0.05, 0) is 85.2 Å². The molecule has 0 aliphatic heterocycles. The van der Waals surface area contributed by atoms with Crippen molar-refractivity contribution >= 4 is 17.1 Å². The van der Waals surface area contributed by atoms with E-state index in [1.807, 2.05) is 0 Å². The summed E-state index contributed by atoms with van der Waals surface area (Å²) in [5.74, 6) is 0. The highest BCUT2D eigenvalue weighted by molar-refractivity contribution is 5.77. The zero-order valence-electron chi connectivity index (χ0n) is 15.6. The number of nitrogens with zero attached hydrogens (tertiary/aromatic N) is 1. The van der Waals surface area contributed by atoms with E-state index < -0.39 is 0 Å². The minimum absolute atomic E-state index is 1.17. The molecule has 0 atom stereocenters. The van der Waals surface area contributed by atoms with E-state index in [2.05, 4.69) is 84.6 Å². The summed E-state index contributed by atoms with van der Waals surface area (Å²) < 4.78 is 0. The van der Waals surface area contributed by atoms with Gasteiger partial charge in [0.2, 0.25) is 0 Å². The van der Waals surface area contributed by atoms with Crippen LogP contribution < -0.4 is 4.90 Å². The van der Waals surface area contributed by atoms with E-state index in [9.17, 15) is 0 Å². The molecule has 0 saturated heterocycles. The number of unbranched alkanes of at least 4 members (excludes halogenated alkanes) is 1. The maximum atomic E-state index is 2.39. The average molecular weight is 341 g/mol. The van der Waals surface area contributed by atoms with Crippen LogP contribution >= 0.6 is 0 Å². The van der Waals surface area contributed by atoms with Gasteiger partial charge in [-0.1, -0.05) is 49.7 Å². The van der Waals surface area contributed by atoms with E-state index in [0.717, 1.165) is 0 Å². The summed E-state index contributed by atoms with van der Waals surface area (Å²) in [6.45, 7) is 2.25. The van der Waals surface area contributed by atoms with Crippen LogP contribution in [-0.4, -0.2) is 0 Å². The van der Waals surface area contributed by atoms with E-state index >= 15 is 0 Å². The third kappa shape index (κ3) is 3.53. The van der Waals surface area contributed by atoms with Crippen LogP contribution in [0, 0.1) is 0 Å². The van der Waals surface area contributed by atoms with Crippen molar-refractivity contribution in [3.8, 4) is 0 Å². The fourth-order valence-corrected chi connectivity index (χ4v) is 3.91. The maximum Gasteiger partial charge on any atom is 0.0464 e. The van der Waals surface area contributed by atoms with Crippen molar-refractivity contribution < 1.29 is 0 Å². The van der Waals surface area contributed by atoms with Crippen molar-refractivity contribution in [1.29, 1.82) is 0 Å². The molecule has 1 nitrogen and oxygen atoms in total. The molecule has 1 aliphatic carbocycles. The topological polar surface area (TPSA) is 3.24 Å². The van der Waals surface area contributed by atoms with E-state index in [1.54, 1.807) is 0 Å². The summed E-state index contributed by atoms with van der Waals surface area (Å²) >= 11 is 0. The molecule has 1 aliphatic rings. The molecule has 0 bridgehead atoms. The van der Waals surface area contributed by atoms with Crippen LogP contribution in [0.3, 0.4) is 0 Å². The Balaban J connectivity index is 1.72. The van der Waals surface area contributed by atoms with E-state index in [0.29, 0.717) is 0 Å². The van der Waals surface area contributed by atoms with Crippen molar-refractivity contribution in [2.75, 3.05) is 4.90 Å². The highest BCUT2D eigenvalue weighted by Gasteiger charge is 2.16. The summed E-state index contributed by atoms with van der Waals surface area (Å²) in [5.41, 5.74) is 8.18. The van der Waals surface area contributed by atoms with Crippen molar-refractivity contribution in [3.63, 3.8) is 0 Å². The predicted octanol–water partition coefficient (Wildman–Crippen LogP) is 6.99. The normalized spacial score (nSPS) is 12.8. The van der Waals surface area contributed by atoms with Gasteiger partial charge in [0.25, 0.3) is 0 Å². The second-order valence-corrected chi connectivity index (χ2v) is 7.25. The SMILES string of the molecule is CCCCc1ccc(N(c2ccccc2)c2ccc3c(c2)CCC3)cc1. The third-order valence-corrected chi connectivity index (χ3v) is 5.37. The molecule has 0 spiro atoms. The van der Waals surface area contributed by atoms with E-state index in [1.165, 1.54) is 72.3 Å². The minimum atomic E-state index is 1.17. The molecule has 3 aromatic rings. The Morgan fingerprint density at radius 1 is 0.731 bits per heavy atom. The maximum absolute atomic E-state index is 2.39. The molecule has 0 aromatic heterocycles. The molecule has 0 saturated carbocycles.